The van der Waals surface area contributed by atoms with Gasteiger partial charge in [-0.2, -0.15) is 0 Å². The Kier molecular flexibility index (Phi) is 5.20. The van der Waals surface area contributed by atoms with Gasteiger partial charge in [0.15, 0.2) is 0 Å². The predicted octanol–water partition coefficient (Wildman–Crippen LogP) is 4.36. The van der Waals surface area contributed by atoms with Gasteiger partial charge in [0.1, 0.15) is 0 Å². The van der Waals surface area contributed by atoms with Crippen LogP contribution in [0.15, 0.2) is 35.9 Å². The molecule has 0 radical (unpaired) electrons. The molecule has 0 saturated carbocycles. The molecule has 0 unspecified atom stereocenters. The van der Waals surface area contributed by atoms with Crippen LogP contribution in [0.1, 0.15) is 51.0 Å². The summed E-state index contributed by atoms with van der Waals surface area (Å²) in [6.45, 7) is 2.31. The van der Waals surface area contributed by atoms with Crippen LogP contribution in [0.5, 0.6) is 0 Å². The van der Waals surface area contributed by atoms with E-state index in [1.54, 1.807) is 0 Å². The van der Waals surface area contributed by atoms with E-state index in [2.05, 4.69) is 12.1 Å². The first-order valence-electron chi connectivity index (χ1n) is 7.27. The molecule has 0 heterocycles. The molecule has 0 spiro atoms. The Bertz CT molecular complexity index is 446. The maximum Gasteiger partial charge on any atom is 0.334 e. The Morgan fingerprint density at radius 2 is 1.74 bits per heavy atom. The highest BCUT2D eigenvalue weighted by atomic mass is 16.5. The summed E-state index contributed by atoms with van der Waals surface area (Å²) in [5.74, 6) is -0.122. The Labute approximate surface area is 115 Å². The van der Waals surface area contributed by atoms with Gasteiger partial charge in [0.25, 0.3) is 0 Å². The van der Waals surface area contributed by atoms with Gasteiger partial charge in [-0.15, -0.1) is 0 Å². The minimum atomic E-state index is -0.122. The quantitative estimate of drug-likeness (QED) is 0.753. The molecule has 1 aliphatic rings. The summed E-state index contributed by atoms with van der Waals surface area (Å²) < 4.78 is 5.23. The van der Waals surface area contributed by atoms with Gasteiger partial charge in [0, 0.05) is 5.57 Å². The zero-order chi connectivity index (χ0) is 13.5. The molecule has 0 bridgehead atoms. The number of carbonyl (C=O) groups is 1. The van der Waals surface area contributed by atoms with Gasteiger partial charge in [-0.3, -0.25) is 0 Å². The van der Waals surface area contributed by atoms with Crippen LogP contribution in [-0.4, -0.2) is 12.6 Å². The van der Waals surface area contributed by atoms with Crippen LogP contribution in [-0.2, 0) is 9.53 Å². The van der Waals surface area contributed by atoms with Crippen molar-refractivity contribution in [2.24, 2.45) is 0 Å². The largest absolute Gasteiger partial charge is 0.463 e. The van der Waals surface area contributed by atoms with Crippen LogP contribution in [0.3, 0.4) is 0 Å². The minimum Gasteiger partial charge on any atom is -0.463 e. The zero-order valence-corrected chi connectivity index (χ0v) is 11.7. The summed E-state index contributed by atoms with van der Waals surface area (Å²) in [6.07, 6.45) is 6.55. The summed E-state index contributed by atoms with van der Waals surface area (Å²) >= 11 is 0. The van der Waals surface area contributed by atoms with E-state index < -0.39 is 0 Å². The molecule has 1 aromatic rings. The van der Waals surface area contributed by atoms with Crippen molar-refractivity contribution >= 4 is 11.5 Å². The SMILES string of the molecule is CCOC(=O)/C1=C(\c2ccccc2)CCCCCC1. The fourth-order valence-corrected chi connectivity index (χ4v) is 2.66. The topological polar surface area (TPSA) is 26.3 Å². The predicted molar refractivity (Wildman–Crippen MR) is 77.7 cm³/mol. The first-order chi connectivity index (χ1) is 9.33. The van der Waals surface area contributed by atoms with Crippen LogP contribution in [0, 0.1) is 0 Å². The lowest BCUT2D eigenvalue weighted by molar-refractivity contribution is -0.138. The van der Waals surface area contributed by atoms with E-state index in [0.29, 0.717) is 6.61 Å². The standard InChI is InChI=1S/C17H22O2/c1-2-19-17(18)16-13-9-4-3-8-12-15(16)14-10-6-5-7-11-14/h5-7,10-11H,2-4,8-9,12-13H2,1H3/b16-15-. The number of hydrogen-bond acceptors (Lipinski definition) is 2. The number of esters is 1. The lowest BCUT2D eigenvalue weighted by atomic mass is 9.89. The fraction of sp³-hybridized carbons (Fsp3) is 0.471. The molecule has 0 amide bonds. The molecule has 0 atom stereocenters. The normalized spacial score (nSPS) is 20.5. The molecular weight excluding hydrogens is 236 g/mol. The lowest BCUT2D eigenvalue weighted by Crippen LogP contribution is -2.11. The summed E-state index contributed by atoms with van der Waals surface area (Å²) in [4.78, 5) is 12.2. The average molecular weight is 258 g/mol. The number of benzene rings is 1. The first-order valence-corrected chi connectivity index (χ1v) is 7.27. The maximum atomic E-state index is 12.2. The van der Waals surface area contributed by atoms with Crippen LogP contribution in [0.25, 0.3) is 5.57 Å². The molecule has 2 nitrogen and oxygen atoms in total. The van der Waals surface area contributed by atoms with E-state index >= 15 is 0 Å². The molecule has 1 aromatic carbocycles. The van der Waals surface area contributed by atoms with Crippen molar-refractivity contribution in [3.63, 3.8) is 0 Å². The van der Waals surface area contributed by atoms with Crippen molar-refractivity contribution in [3.05, 3.63) is 41.5 Å². The lowest BCUT2D eigenvalue weighted by Gasteiger charge is -2.17. The van der Waals surface area contributed by atoms with Gasteiger partial charge in [-0.1, -0.05) is 43.2 Å². The average Bonchev–Trinajstić information content (AvgIpc) is 2.40. The molecule has 2 rings (SSSR count). The maximum absolute atomic E-state index is 12.2. The second kappa shape index (κ2) is 7.13. The van der Waals surface area contributed by atoms with E-state index in [0.717, 1.165) is 31.3 Å². The highest BCUT2D eigenvalue weighted by molar-refractivity contribution is 5.97. The van der Waals surface area contributed by atoms with Crippen LogP contribution in [0.4, 0.5) is 0 Å². The van der Waals surface area contributed by atoms with Gasteiger partial charge in [-0.25, -0.2) is 4.79 Å². The molecule has 0 aromatic heterocycles. The van der Waals surface area contributed by atoms with E-state index in [9.17, 15) is 4.79 Å². The number of allylic oxidation sites excluding steroid dienone is 1. The van der Waals surface area contributed by atoms with Gasteiger partial charge < -0.3 is 4.74 Å². The molecule has 1 aliphatic carbocycles. The second-order valence-electron chi connectivity index (χ2n) is 4.96. The molecule has 0 N–H and O–H groups in total. The van der Waals surface area contributed by atoms with Gasteiger partial charge in [0.05, 0.1) is 6.61 Å². The number of rotatable bonds is 3. The van der Waals surface area contributed by atoms with Gasteiger partial charge >= 0.3 is 5.97 Å². The van der Waals surface area contributed by atoms with Gasteiger partial charge in [-0.05, 0) is 43.7 Å². The van der Waals surface area contributed by atoms with E-state index in [1.807, 2.05) is 25.1 Å². The van der Waals surface area contributed by atoms with E-state index in [4.69, 9.17) is 4.74 Å². The molecule has 0 aliphatic heterocycles. The van der Waals surface area contributed by atoms with Crippen molar-refractivity contribution in [2.75, 3.05) is 6.61 Å². The third kappa shape index (κ3) is 3.69. The van der Waals surface area contributed by atoms with Crippen molar-refractivity contribution in [2.45, 2.75) is 45.4 Å². The third-order valence-corrected chi connectivity index (χ3v) is 3.61. The summed E-state index contributed by atoms with van der Waals surface area (Å²) in [5.41, 5.74) is 3.26. The summed E-state index contributed by atoms with van der Waals surface area (Å²) in [6, 6.07) is 10.3. The number of hydrogen-bond donors (Lipinski definition) is 0. The zero-order valence-electron chi connectivity index (χ0n) is 11.7. The van der Waals surface area contributed by atoms with Crippen LogP contribution >= 0.6 is 0 Å². The molecule has 0 fully saturated rings. The Balaban J connectivity index is 2.37. The summed E-state index contributed by atoms with van der Waals surface area (Å²) in [7, 11) is 0. The molecule has 102 valence electrons. The number of ether oxygens (including phenoxy) is 1. The molecule has 0 saturated heterocycles. The van der Waals surface area contributed by atoms with Crippen molar-refractivity contribution in [1.82, 2.24) is 0 Å². The van der Waals surface area contributed by atoms with Gasteiger partial charge in [0.2, 0.25) is 0 Å². The Hall–Kier alpha value is -1.57. The van der Waals surface area contributed by atoms with Crippen molar-refractivity contribution in [1.29, 1.82) is 0 Å². The van der Waals surface area contributed by atoms with E-state index in [1.165, 1.54) is 24.0 Å². The fourth-order valence-electron chi connectivity index (χ4n) is 2.66. The Morgan fingerprint density at radius 1 is 1.05 bits per heavy atom. The highest BCUT2D eigenvalue weighted by Gasteiger charge is 2.19. The highest BCUT2D eigenvalue weighted by Crippen LogP contribution is 2.31. The molecule has 2 heteroatoms. The van der Waals surface area contributed by atoms with Crippen molar-refractivity contribution in [3.8, 4) is 0 Å². The van der Waals surface area contributed by atoms with Crippen LogP contribution < -0.4 is 0 Å². The smallest absolute Gasteiger partial charge is 0.334 e. The minimum absolute atomic E-state index is 0.122. The number of carbonyl (C=O) groups excluding carboxylic acids is 1. The van der Waals surface area contributed by atoms with Crippen LogP contribution in [0.2, 0.25) is 0 Å². The first kappa shape index (κ1) is 13.9. The monoisotopic (exact) mass is 258 g/mol. The molecule has 19 heavy (non-hydrogen) atoms. The second-order valence-corrected chi connectivity index (χ2v) is 4.96. The third-order valence-electron chi connectivity index (χ3n) is 3.61. The molecular formula is C17H22O2. The summed E-state index contributed by atoms with van der Waals surface area (Å²) in [5, 5.41) is 0. The van der Waals surface area contributed by atoms with Crippen molar-refractivity contribution < 1.29 is 9.53 Å². The van der Waals surface area contributed by atoms with E-state index in [-0.39, 0.29) is 5.97 Å². The Morgan fingerprint density at radius 3 is 2.42 bits per heavy atom.